The molecule has 1 fully saturated rings. The van der Waals surface area contributed by atoms with Crippen LogP contribution in [0.3, 0.4) is 0 Å². The number of pyridine rings is 1. The fourth-order valence-corrected chi connectivity index (χ4v) is 7.85. The molecule has 2 heterocycles. The maximum Gasteiger partial charge on any atom is 0.222 e. The molecule has 0 N–H and O–H groups in total. The molecule has 0 bridgehead atoms. The Balaban J connectivity index is 1.59. The van der Waals surface area contributed by atoms with Crippen molar-refractivity contribution < 1.29 is 4.57 Å². The molecule has 1 aliphatic heterocycles. The second-order valence-electron chi connectivity index (χ2n) is 10.0. The van der Waals surface area contributed by atoms with Crippen LogP contribution in [0, 0.1) is 13.8 Å². The molecule has 0 radical (unpaired) electrons. The second-order valence-corrected chi connectivity index (χ2v) is 11.0. The van der Waals surface area contributed by atoms with Crippen LogP contribution < -0.4 is 4.57 Å². The molecule has 0 amide bonds. The van der Waals surface area contributed by atoms with Crippen LogP contribution in [0.2, 0.25) is 0 Å². The van der Waals surface area contributed by atoms with Gasteiger partial charge in [-0.2, -0.15) is 0 Å². The Hall–Kier alpha value is -2.84. The molecule has 1 saturated carbocycles. The Bertz CT molecular complexity index is 1620. The van der Waals surface area contributed by atoms with Crippen molar-refractivity contribution in [1.82, 2.24) is 0 Å². The van der Waals surface area contributed by atoms with Crippen molar-refractivity contribution in [2.45, 2.75) is 55.2 Å². The summed E-state index contributed by atoms with van der Waals surface area (Å²) >= 11 is 1.99. The fraction of sp³-hybridized carbons (Fsp3) is 0.258. The van der Waals surface area contributed by atoms with Gasteiger partial charge in [0.15, 0.2) is 6.20 Å². The average Bonchev–Trinajstić information content (AvgIpc) is 3.39. The van der Waals surface area contributed by atoms with E-state index in [4.69, 9.17) is 0 Å². The number of hydrogen-bond acceptors (Lipinski definition) is 1. The zero-order valence-electron chi connectivity index (χ0n) is 19.5. The molecular formula is C31H28NS+. The monoisotopic (exact) mass is 446 g/mol. The van der Waals surface area contributed by atoms with Crippen molar-refractivity contribution in [1.29, 1.82) is 0 Å². The summed E-state index contributed by atoms with van der Waals surface area (Å²) < 4.78 is 2.34. The quantitative estimate of drug-likeness (QED) is 0.181. The summed E-state index contributed by atoms with van der Waals surface area (Å²) in [5, 5.41) is 8.32. The zero-order valence-corrected chi connectivity index (χ0v) is 20.4. The molecule has 1 aromatic heterocycles. The SMILES string of the molecule is Cc1c2c(c(C)c3ccccc13)-c1c3c(c4ccc(C5CCCC5)cc4cc3cc[n+]1C)S2. The van der Waals surface area contributed by atoms with Crippen molar-refractivity contribution in [3.8, 4) is 11.3 Å². The highest BCUT2D eigenvalue weighted by Gasteiger charge is 2.32. The number of nitrogens with zero attached hydrogens (tertiary/aromatic N) is 1. The van der Waals surface area contributed by atoms with Gasteiger partial charge in [0.2, 0.25) is 5.69 Å². The third-order valence-electron chi connectivity index (χ3n) is 8.16. The molecule has 1 nitrogen and oxygen atoms in total. The minimum absolute atomic E-state index is 0.746. The van der Waals surface area contributed by atoms with Crippen molar-refractivity contribution >= 4 is 44.1 Å². The highest BCUT2D eigenvalue weighted by atomic mass is 32.2. The van der Waals surface area contributed by atoms with Crippen LogP contribution in [0.1, 0.15) is 48.3 Å². The number of rotatable bonds is 1. The van der Waals surface area contributed by atoms with E-state index in [1.165, 1.54) is 95.7 Å². The van der Waals surface area contributed by atoms with Gasteiger partial charge in [0.1, 0.15) is 7.05 Å². The number of fused-ring (bicyclic) bond motifs is 5. The van der Waals surface area contributed by atoms with E-state index in [0.29, 0.717) is 0 Å². The van der Waals surface area contributed by atoms with Gasteiger partial charge in [-0.1, -0.05) is 67.1 Å². The summed E-state index contributed by atoms with van der Waals surface area (Å²) in [4.78, 5) is 2.85. The Morgan fingerprint density at radius 3 is 2.33 bits per heavy atom. The van der Waals surface area contributed by atoms with E-state index in [9.17, 15) is 0 Å². The van der Waals surface area contributed by atoms with Gasteiger partial charge in [0.05, 0.1) is 10.9 Å². The van der Waals surface area contributed by atoms with Gasteiger partial charge in [0, 0.05) is 15.9 Å². The van der Waals surface area contributed by atoms with Gasteiger partial charge >= 0.3 is 0 Å². The largest absolute Gasteiger partial charge is 0.222 e. The van der Waals surface area contributed by atoms with Crippen LogP contribution in [0.4, 0.5) is 0 Å². The van der Waals surface area contributed by atoms with Gasteiger partial charge in [-0.3, -0.25) is 0 Å². The maximum absolute atomic E-state index is 2.49. The van der Waals surface area contributed by atoms with E-state index in [0.717, 1.165) is 5.92 Å². The van der Waals surface area contributed by atoms with E-state index in [2.05, 4.69) is 86.3 Å². The number of aryl methyl sites for hydroxylation is 3. The van der Waals surface area contributed by atoms with Crippen molar-refractivity contribution in [3.05, 3.63) is 77.5 Å². The van der Waals surface area contributed by atoms with Gasteiger partial charge in [-0.25, -0.2) is 4.57 Å². The first-order valence-electron chi connectivity index (χ1n) is 12.2. The molecule has 33 heavy (non-hydrogen) atoms. The lowest BCUT2D eigenvalue weighted by Gasteiger charge is -2.24. The summed E-state index contributed by atoms with van der Waals surface area (Å²) in [6.45, 7) is 4.61. The molecule has 0 spiro atoms. The van der Waals surface area contributed by atoms with E-state index in [1.54, 1.807) is 0 Å². The molecule has 0 saturated heterocycles. The van der Waals surface area contributed by atoms with E-state index < -0.39 is 0 Å². The van der Waals surface area contributed by atoms with Crippen LogP contribution >= 0.6 is 11.8 Å². The first-order valence-corrected chi connectivity index (χ1v) is 13.0. The average molecular weight is 447 g/mol. The number of hydrogen-bond donors (Lipinski definition) is 0. The minimum Gasteiger partial charge on any atom is -0.200 e. The summed E-state index contributed by atoms with van der Waals surface area (Å²) in [6.07, 6.45) is 7.70. The molecule has 162 valence electrons. The molecule has 2 aliphatic rings. The lowest BCUT2D eigenvalue weighted by atomic mass is 9.90. The summed E-state index contributed by atoms with van der Waals surface area (Å²) in [5.74, 6) is 0.746. The van der Waals surface area contributed by atoms with Gasteiger partial charge in [0.25, 0.3) is 0 Å². The Labute approximate surface area is 199 Å². The standard InChI is InChI=1S/C31H28NS/c1-18-24-10-6-7-11-25(24)19(2)30-27(18)29-28-22(14-15-32(29)3)17-23-16-21(20-8-4-5-9-20)12-13-26(23)31(28)33-30/h6-7,10-17,20H,4-5,8-9H2,1-3H3/q+1. The highest BCUT2D eigenvalue weighted by molar-refractivity contribution is 8.00. The first-order chi connectivity index (χ1) is 16.1. The van der Waals surface area contributed by atoms with Gasteiger partial charge in [-0.15, -0.1) is 0 Å². The molecule has 5 aromatic rings. The third kappa shape index (κ3) is 2.71. The fourth-order valence-electron chi connectivity index (χ4n) is 6.42. The van der Waals surface area contributed by atoms with E-state index in [-0.39, 0.29) is 0 Å². The first kappa shape index (κ1) is 19.6. The smallest absolute Gasteiger partial charge is 0.200 e. The molecule has 0 atom stereocenters. The van der Waals surface area contributed by atoms with Crippen molar-refractivity contribution in [3.63, 3.8) is 0 Å². The summed E-state index contributed by atoms with van der Waals surface area (Å²) in [6, 6.07) is 21.0. The van der Waals surface area contributed by atoms with Crippen molar-refractivity contribution in [2.24, 2.45) is 7.05 Å². The normalized spacial score (nSPS) is 15.6. The molecule has 7 rings (SSSR count). The van der Waals surface area contributed by atoms with Gasteiger partial charge in [-0.05, 0) is 82.3 Å². The van der Waals surface area contributed by atoms with Crippen molar-refractivity contribution in [2.75, 3.05) is 0 Å². The molecular weight excluding hydrogens is 418 g/mol. The van der Waals surface area contributed by atoms with Crippen LogP contribution in [0.15, 0.2) is 70.6 Å². The number of aromatic nitrogens is 1. The minimum atomic E-state index is 0.746. The highest BCUT2D eigenvalue weighted by Crippen LogP contribution is 2.53. The van der Waals surface area contributed by atoms with Crippen LogP contribution in [0.5, 0.6) is 0 Å². The molecule has 1 aliphatic carbocycles. The third-order valence-corrected chi connectivity index (χ3v) is 9.50. The molecule has 2 heteroatoms. The Kier molecular flexibility index (Phi) is 4.21. The Morgan fingerprint density at radius 2 is 1.55 bits per heavy atom. The number of benzene rings is 4. The Morgan fingerprint density at radius 1 is 0.788 bits per heavy atom. The second kappa shape index (κ2) is 7.08. The van der Waals surface area contributed by atoms with E-state index >= 15 is 0 Å². The molecule has 4 aromatic carbocycles. The van der Waals surface area contributed by atoms with Gasteiger partial charge < -0.3 is 0 Å². The predicted molar refractivity (Wildman–Crippen MR) is 140 cm³/mol. The predicted octanol–water partition coefficient (Wildman–Crippen LogP) is 8.38. The zero-order chi connectivity index (χ0) is 22.3. The summed E-state index contributed by atoms with van der Waals surface area (Å²) in [7, 11) is 2.20. The lowest BCUT2D eigenvalue weighted by molar-refractivity contribution is -0.659. The maximum atomic E-state index is 2.49. The van der Waals surface area contributed by atoms with Crippen LogP contribution in [-0.2, 0) is 7.05 Å². The summed E-state index contributed by atoms with van der Waals surface area (Å²) in [5.41, 5.74) is 7.11. The van der Waals surface area contributed by atoms with Crippen LogP contribution in [0.25, 0.3) is 43.6 Å². The topological polar surface area (TPSA) is 3.88 Å². The lowest BCUT2D eigenvalue weighted by Crippen LogP contribution is -2.31. The van der Waals surface area contributed by atoms with Crippen LogP contribution in [-0.4, -0.2) is 0 Å². The molecule has 0 unspecified atom stereocenters. The van der Waals surface area contributed by atoms with E-state index in [1.807, 2.05) is 11.8 Å².